The van der Waals surface area contributed by atoms with E-state index < -0.39 is 0 Å². The molecule has 0 aromatic heterocycles. The van der Waals surface area contributed by atoms with Gasteiger partial charge in [-0.15, -0.1) is 0 Å². The highest BCUT2D eigenvalue weighted by Gasteiger charge is 2.13. The summed E-state index contributed by atoms with van der Waals surface area (Å²) in [6.07, 6.45) is 3.37. The van der Waals surface area contributed by atoms with Crippen molar-refractivity contribution >= 4 is 12.1 Å². The molecule has 0 spiro atoms. The quantitative estimate of drug-likeness (QED) is 0.105. The Labute approximate surface area is 229 Å². The van der Waals surface area contributed by atoms with Gasteiger partial charge in [-0.3, -0.25) is 9.79 Å². The number of hydrogen-bond acceptors (Lipinski definition) is 6. The van der Waals surface area contributed by atoms with Gasteiger partial charge < -0.3 is 25.2 Å². The summed E-state index contributed by atoms with van der Waals surface area (Å²) in [6, 6.07) is 19.0. The molecule has 38 heavy (non-hydrogen) atoms. The number of hydrogen-bond donors (Lipinski definition) is 2. The summed E-state index contributed by atoms with van der Waals surface area (Å²) in [4.78, 5) is 20.3. The van der Waals surface area contributed by atoms with Gasteiger partial charge in [0, 0.05) is 33.2 Å². The fourth-order valence-corrected chi connectivity index (χ4v) is 4.16. The number of nitrogens with one attached hydrogen (secondary N) is 2. The van der Waals surface area contributed by atoms with Crippen molar-refractivity contribution in [3.8, 4) is 0 Å². The normalized spacial score (nSPS) is 13.2. The fraction of sp³-hybridized carbons (Fsp3) is 0.419. The van der Waals surface area contributed by atoms with Crippen LogP contribution >= 0.6 is 0 Å². The first-order chi connectivity index (χ1) is 18.4. The zero-order valence-electron chi connectivity index (χ0n) is 23.7. The van der Waals surface area contributed by atoms with Crippen LogP contribution in [0.5, 0.6) is 0 Å². The number of aldehydes is 1. The Morgan fingerprint density at radius 1 is 1.11 bits per heavy atom. The van der Waals surface area contributed by atoms with Crippen LogP contribution in [0.3, 0.4) is 0 Å². The second-order valence-corrected chi connectivity index (χ2v) is 9.39. The lowest BCUT2D eigenvalue weighted by atomic mass is 10.1. The molecule has 0 radical (unpaired) electrons. The maximum absolute atomic E-state index is 11.6. The Morgan fingerprint density at radius 2 is 1.84 bits per heavy atom. The monoisotopic (exact) mass is 519 g/mol. The molecule has 2 aromatic rings. The Kier molecular flexibility index (Phi) is 14.1. The number of allylic oxidation sites excluding steroid dienone is 2. The van der Waals surface area contributed by atoms with Crippen molar-refractivity contribution in [1.82, 2.24) is 20.4 Å². The molecule has 0 aliphatic rings. The lowest BCUT2D eigenvalue weighted by molar-refractivity contribution is -0.104. The van der Waals surface area contributed by atoms with Gasteiger partial charge in [-0.05, 0) is 57.6 Å². The molecule has 0 bridgehead atoms. The van der Waals surface area contributed by atoms with Crippen LogP contribution < -0.4 is 10.6 Å². The van der Waals surface area contributed by atoms with E-state index in [0.29, 0.717) is 24.5 Å². The lowest BCUT2D eigenvalue weighted by Crippen LogP contribution is -2.37. The molecular weight excluding hydrogens is 474 g/mol. The average Bonchev–Trinajstić information content (AvgIpc) is 2.92. The van der Waals surface area contributed by atoms with Crippen LogP contribution in [0.4, 0.5) is 0 Å². The number of amidine groups is 1. The van der Waals surface area contributed by atoms with Gasteiger partial charge >= 0.3 is 0 Å². The first-order valence-corrected chi connectivity index (χ1v) is 13.3. The van der Waals surface area contributed by atoms with Gasteiger partial charge in [-0.1, -0.05) is 67.3 Å². The van der Waals surface area contributed by atoms with Gasteiger partial charge in [0.15, 0.2) is 6.29 Å². The number of carbonyl (C=O) groups excluding carboxylic acids is 1. The van der Waals surface area contributed by atoms with Crippen LogP contribution in [0.2, 0.25) is 0 Å². The van der Waals surface area contributed by atoms with E-state index in [0.717, 1.165) is 44.7 Å². The summed E-state index contributed by atoms with van der Waals surface area (Å²) in [5.41, 5.74) is 4.12. The lowest BCUT2D eigenvalue weighted by Gasteiger charge is -2.27. The smallest absolute Gasteiger partial charge is 0.153 e. The largest absolute Gasteiger partial charge is 0.369 e. The van der Waals surface area contributed by atoms with Crippen molar-refractivity contribution in [2.24, 2.45) is 4.99 Å². The van der Waals surface area contributed by atoms with E-state index in [4.69, 9.17) is 4.74 Å². The van der Waals surface area contributed by atoms with E-state index in [1.54, 1.807) is 6.08 Å². The zero-order valence-corrected chi connectivity index (χ0v) is 23.7. The van der Waals surface area contributed by atoms with Crippen molar-refractivity contribution in [3.05, 3.63) is 95.3 Å². The first kappa shape index (κ1) is 31.0. The number of nitrogens with zero attached hydrogens (tertiary/aromatic N) is 3. The van der Waals surface area contributed by atoms with E-state index in [2.05, 4.69) is 82.7 Å². The van der Waals surface area contributed by atoms with Crippen LogP contribution in [0.25, 0.3) is 0 Å². The van der Waals surface area contributed by atoms with Crippen LogP contribution in [-0.2, 0) is 22.7 Å². The Hall–Kier alpha value is -3.26. The van der Waals surface area contributed by atoms with E-state index in [-0.39, 0.29) is 6.10 Å². The van der Waals surface area contributed by atoms with Crippen LogP contribution in [0.15, 0.2) is 83.6 Å². The van der Waals surface area contributed by atoms with Gasteiger partial charge in [-0.25, -0.2) is 0 Å². The van der Waals surface area contributed by atoms with Crippen LogP contribution in [0, 0.1) is 0 Å². The molecule has 0 aliphatic carbocycles. The average molecular weight is 520 g/mol. The third kappa shape index (κ3) is 10.6. The Bertz CT molecular complexity index is 1040. The molecule has 0 heterocycles. The summed E-state index contributed by atoms with van der Waals surface area (Å²) in [5, 5.41) is 6.49. The number of aliphatic imine (C=N–C) groups is 1. The van der Waals surface area contributed by atoms with Crippen LogP contribution in [0.1, 0.15) is 43.1 Å². The molecule has 2 rings (SSSR count). The Balaban J connectivity index is 1.97. The molecule has 2 N–H and O–H groups in total. The highest BCUT2D eigenvalue weighted by Crippen LogP contribution is 2.22. The third-order valence-electron chi connectivity index (χ3n) is 6.24. The minimum atomic E-state index is 0.0548. The van der Waals surface area contributed by atoms with Crippen molar-refractivity contribution in [2.45, 2.75) is 39.5 Å². The number of benzene rings is 2. The van der Waals surface area contributed by atoms with Crippen molar-refractivity contribution in [3.63, 3.8) is 0 Å². The summed E-state index contributed by atoms with van der Waals surface area (Å²) in [5.74, 6) is 1.48. The molecule has 1 unspecified atom stereocenters. The molecular formula is C31H45N5O2. The van der Waals surface area contributed by atoms with E-state index in [1.807, 2.05) is 38.9 Å². The molecule has 2 aromatic carbocycles. The SMILES string of the molecule is C=C/C(C=O)=C(\NC(C)=NCC)N(C)CCN(C)Cc1cccc(COC(CCNC)c2ccccc2)c1. The molecule has 0 amide bonds. The molecule has 0 saturated heterocycles. The molecule has 206 valence electrons. The molecule has 1 atom stereocenters. The van der Waals surface area contributed by atoms with E-state index in [9.17, 15) is 4.79 Å². The van der Waals surface area contributed by atoms with Gasteiger partial charge in [0.1, 0.15) is 5.82 Å². The van der Waals surface area contributed by atoms with Gasteiger partial charge in [-0.2, -0.15) is 0 Å². The maximum atomic E-state index is 11.6. The zero-order chi connectivity index (χ0) is 27.8. The van der Waals surface area contributed by atoms with Crippen molar-refractivity contribution in [2.75, 3.05) is 47.3 Å². The minimum Gasteiger partial charge on any atom is -0.369 e. The molecule has 7 nitrogen and oxygen atoms in total. The summed E-state index contributed by atoms with van der Waals surface area (Å²) < 4.78 is 6.36. The molecule has 0 fully saturated rings. The molecule has 0 saturated carbocycles. The predicted octanol–water partition coefficient (Wildman–Crippen LogP) is 4.54. The maximum Gasteiger partial charge on any atom is 0.153 e. The standard InChI is InChI=1S/C31H45N5O2/c1-7-28(23-37)31(34-25(3)33-8-2)36(6)20-19-35(5)22-26-13-12-14-27(21-26)24-38-30(17-18-32-4)29-15-10-9-11-16-29/h7,9-16,21,23,30,32H,1,8,17-20,22,24H2,2-6H3,(H,33,34)/b31-28-. The van der Waals surface area contributed by atoms with Gasteiger partial charge in [0.2, 0.25) is 0 Å². The van der Waals surface area contributed by atoms with E-state index >= 15 is 0 Å². The summed E-state index contributed by atoms with van der Waals surface area (Å²) >= 11 is 0. The van der Waals surface area contributed by atoms with Gasteiger partial charge in [0.25, 0.3) is 0 Å². The summed E-state index contributed by atoms with van der Waals surface area (Å²) in [6.45, 7) is 12.2. The Morgan fingerprint density at radius 3 is 2.50 bits per heavy atom. The fourth-order valence-electron chi connectivity index (χ4n) is 4.16. The minimum absolute atomic E-state index is 0.0548. The highest BCUT2D eigenvalue weighted by atomic mass is 16.5. The highest BCUT2D eigenvalue weighted by molar-refractivity contribution is 5.84. The number of likely N-dealkylation sites (N-methyl/N-ethyl adjacent to an activating group) is 2. The summed E-state index contributed by atoms with van der Waals surface area (Å²) in [7, 11) is 6.04. The topological polar surface area (TPSA) is 69.2 Å². The van der Waals surface area contributed by atoms with Crippen molar-refractivity contribution in [1.29, 1.82) is 0 Å². The third-order valence-corrected chi connectivity index (χ3v) is 6.24. The molecule has 7 heteroatoms. The number of carbonyl (C=O) groups is 1. The van der Waals surface area contributed by atoms with E-state index in [1.165, 1.54) is 16.7 Å². The number of rotatable bonds is 17. The molecule has 0 aliphatic heterocycles. The van der Waals surface area contributed by atoms with Crippen molar-refractivity contribution < 1.29 is 9.53 Å². The van der Waals surface area contributed by atoms with Gasteiger partial charge in [0.05, 0.1) is 24.1 Å². The number of ether oxygens (including phenoxy) is 1. The second kappa shape index (κ2) is 17.3. The first-order valence-electron chi connectivity index (χ1n) is 13.3. The van der Waals surface area contributed by atoms with Crippen LogP contribution in [-0.4, -0.2) is 69.2 Å². The second-order valence-electron chi connectivity index (χ2n) is 9.39. The predicted molar refractivity (Wildman–Crippen MR) is 158 cm³/mol.